The van der Waals surface area contributed by atoms with E-state index in [0.717, 1.165) is 5.56 Å². The van der Waals surface area contributed by atoms with Crippen LogP contribution < -0.4 is 4.74 Å². The Hall–Kier alpha value is -2.66. The first-order valence-electron chi connectivity index (χ1n) is 7.85. The Balaban J connectivity index is 1.97. The van der Waals surface area contributed by atoms with E-state index in [-0.39, 0.29) is 24.1 Å². The molecule has 0 amide bonds. The molecule has 0 aliphatic rings. The molecular weight excluding hydrogens is 343 g/mol. The highest BCUT2D eigenvalue weighted by atomic mass is 35.5. The third-order valence-corrected chi connectivity index (χ3v) is 3.82. The fourth-order valence-electron chi connectivity index (χ4n) is 2.33. The topological polar surface area (TPSA) is 44.1 Å². The fourth-order valence-corrected chi connectivity index (χ4v) is 2.47. The van der Waals surface area contributed by atoms with Gasteiger partial charge in [0.15, 0.2) is 0 Å². The lowest BCUT2D eigenvalue weighted by Crippen LogP contribution is -2.11. The van der Waals surface area contributed by atoms with Crippen LogP contribution >= 0.6 is 11.6 Å². The van der Waals surface area contributed by atoms with Crippen molar-refractivity contribution in [2.24, 2.45) is 0 Å². The first-order chi connectivity index (χ1) is 12.2. The number of hydrogen-bond acceptors (Lipinski definition) is 3. The molecule has 0 aliphatic heterocycles. The van der Waals surface area contributed by atoms with Crippen molar-refractivity contribution in [1.29, 1.82) is 0 Å². The second-order valence-corrected chi connectivity index (χ2v) is 5.77. The van der Waals surface area contributed by atoms with Gasteiger partial charge in [-0.3, -0.25) is 4.79 Å². The molecule has 0 N–H and O–H groups in total. The maximum Gasteiger partial charge on any atom is 0.312 e. The summed E-state index contributed by atoms with van der Waals surface area (Å²) in [5, 5.41) is 4.50. The quantitative estimate of drug-likeness (QED) is 0.477. The highest BCUT2D eigenvalue weighted by molar-refractivity contribution is 6.17. The van der Waals surface area contributed by atoms with Gasteiger partial charge >= 0.3 is 5.97 Å². The van der Waals surface area contributed by atoms with Crippen molar-refractivity contribution in [3.05, 3.63) is 66.5 Å². The molecule has 0 bridgehead atoms. The molecule has 0 radical (unpaired) electrons. The second kappa shape index (κ2) is 7.94. The van der Waals surface area contributed by atoms with E-state index in [1.165, 1.54) is 16.8 Å². The summed E-state index contributed by atoms with van der Waals surface area (Å²) in [6.45, 7) is 0. The molecule has 0 aliphatic carbocycles. The molecule has 128 valence electrons. The molecule has 0 spiro atoms. The summed E-state index contributed by atoms with van der Waals surface area (Å²) >= 11 is 5.61. The Kier molecular flexibility index (Phi) is 5.46. The zero-order valence-electron chi connectivity index (χ0n) is 13.4. The maximum absolute atomic E-state index is 13.2. The Morgan fingerprint density at radius 3 is 2.52 bits per heavy atom. The summed E-state index contributed by atoms with van der Waals surface area (Å²) in [6, 6.07) is 17.0. The monoisotopic (exact) mass is 358 g/mol. The number of carbonyl (C=O) groups excluding carboxylic acids is 1. The molecule has 1 aromatic heterocycles. The van der Waals surface area contributed by atoms with E-state index in [0.29, 0.717) is 23.7 Å². The van der Waals surface area contributed by atoms with Crippen LogP contribution in [0.5, 0.6) is 5.88 Å². The van der Waals surface area contributed by atoms with Gasteiger partial charge in [0.2, 0.25) is 5.88 Å². The lowest BCUT2D eigenvalue weighted by Gasteiger charge is -2.07. The minimum absolute atomic E-state index is 0.221. The molecule has 3 rings (SSSR count). The summed E-state index contributed by atoms with van der Waals surface area (Å²) in [7, 11) is 0. The molecule has 1 heterocycles. The Labute approximate surface area is 149 Å². The molecule has 0 fully saturated rings. The van der Waals surface area contributed by atoms with Crippen LogP contribution in [0.15, 0.2) is 60.7 Å². The summed E-state index contributed by atoms with van der Waals surface area (Å²) in [5.41, 5.74) is 2.15. The van der Waals surface area contributed by atoms with Crippen molar-refractivity contribution in [2.45, 2.75) is 12.8 Å². The summed E-state index contributed by atoms with van der Waals surface area (Å²) in [4.78, 5) is 12.0. The summed E-state index contributed by atoms with van der Waals surface area (Å²) in [6.07, 6.45) is 0.759. The molecule has 6 heteroatoms. The summed E-state index contributed by atoms with van der Waals surface area (Å²) < 4.78 is 20.1. The number of rotatable bonds is 6. The van der Waals surface area contributed by atoms with E-state index < -0.39 is 0 Å². The molecule has 0 atom stereocenters. The molecule has 2 aromatic carbocycles. The molecule has 25 heavy (non-hydrogen) atoms. The van der Waals surface area contributed by atoms with Crippen LogP contribution in [0.3, 0.4) is 0 Å². The van der Waals surface area contributed by atoms with Crippen molar-refractivity contribution in [2.75, 3.05) is 5.88 Å². The standard InChI is InChI=1S/C19H16ClFN2O2/c20-12-4-7-19(24)25-18-13-17(14-5-2-1-3-6-14)22-23(18)16-10-8-15(21)9-11-16/h1-3,5-6,8-11,13H,4,7,12H2. The average molecular weight is 359 g/mol. The Morgan fingerprint density at radius 1 is 1.12 bits per heavy atom. The van der Waals surface area contributed by atoms with E-state index in [1.54, 1.807) is 18.2 Å². The first-order valence-corrected chi connectivity index (χ1v) is 8.39. The number of benzene rings is 2. The van der Waals surface area contributed by atoms with Gasteiger partial charge in [-0.05, 0) is 30.7 Å². The van der Waals surface area contributed by atoms with Crippen molar-refractivity contribution >= 4 is 17.6 Å². The minimum atomic E-state index is -0.386. The van der Waals surface area contributed by atoms with Gasteiger partial charge in [0.1, 0.15) is 5.82 Å². The number of esters is 1. The number of nitrogens with zero attached hydrogens (tertiary/aromatic N) is 2. The molecule has 4 nitrogen and oxygen atoms in total. The Bertz CT molecular complexity index is 848. The second-order valence-electron chi connectivity index (χ2n) is 5.39. The zero-order chi connectivity index (χ0) is 17.6. The van der Waals surface area contributed by atoms with Gasteiger partial charge < -0.3 is 4.74 Å². The SMILES string of the molecule is O=C(CCCCl)Oc1cc(-c2ccccc2)nn1-c1ccc(F)cc1. The zero-order valence-corrected chi connectivity index (χ0v) is 14.1. The predicted octanol–water partition coefficient (Wildman–Crippen LogP) is 4.60. The van der Waals surface area contributed by atoms with Gasteiger partial charge in [-0.25, -0.2) is 9.07 Å². The number of alkyl halides is 1. The number of carbonyl (C=O) groups is 1. The molecule has 0 unspecified atom stereocenters. The fraction of sp³-hybridized carbons (Fsp3) is 0.158. The van der Waals surface area contributed by atoms with E-state index in [1.807, 2.05) is 30.3 Å². The van der Waals surface area contributed by atoms with Gasteiger partial charge in [0, 0.05) is 23.9 Å². The molecule has 0 saturated carbocycles. The number of halogens is 2. The predicted molar refractivity (Wildman–Crippen MR) is 94.5 cm³/mol. The van der Waals surface area contributed by atoms with Gasteiger partial charge in [-0.15, -0.1) is 11.6 Å². The van der Waals surface area contributed by atoms with Crippen LogP contribution in [0.2, 0.25) is 0 Å². The lowest BCUT2D eigenvalue weighted by molar-refractivity contribution is -0.134. The largest absolute Gasteiger partial charge is 0.407 e. The van der Waals surface area contributed by atoms with Crippen LogP contribution in [-0.2, 0) is 4.79 Å². The van der Waals surface area contributed by atoms with Crippen LogP contribution in [-0.4, -0.2) is 21.6 Å². The van der Waals surface area contributed by atoms with Crippen molar-refractivity contribution in [3.8, 4) is 22.8 Å². The van der Waals surface area contributed by atoms with Crippen molar-refractivity contribution < 1.29 is 13.9 Å². The number of ether oxygens (including phenoxy) is 1. The van der Waals surface area contributed by atoms with Gasteiger partial charge in [0.05, 0.1) is 11.4 Å². The smallest absolute Gasteiger partial charge is 0.312 e. The van der Waals surface area contributed by atoms with E-state index in [4.69, 9.17) is 16.3 Å². The molecule has 0 saturated heterocycles. The van der Waals surface area contributed by atoms with E-state index in [2.05, 4.69) is 5.10 Å². The van der Waals surface area contributed by atoms with Crippen LogP contribution in [0.1, 0.15) is 12.8 Å². The van der Waals surface area contributed by atoms with Gasteiger partial charge in [0.25, 0.3) is 0 Å². The van der Waals surface area contributed by atoms with Crippen LogP contribution in [0.25, 0.3) is 16.9 Å². The van der Waals surface area contributed by atoms with E-state index >= 15 is 0 Å². The normalized spacial score (nSPS) is 10.6. The van der Waals surface area contributed by atoms with Crippen molar-refractivity contribution in [3.63, 3.8) is 0 Å². The minimum Gasteiger partial charge on any atom is -0.407 e. The van der Waals surface area contributed by atoms with Gasteiger partial charge in [-0.1, -0.05) is 30.3 Å². The highest BCUT2D eigenvalue weighted by Gasteiger charge is 2.15. The number of aromatic nitrogens is 2. The van der Waals surface area contributed by atoms with E-state index in [9.17, 15) is 9.18 Å². The Morgan fingerprint density at radius 2 is 1.84 bits per heavy atom. The lowest BCUT2D eigenvalue weighted by atomic mass is 10.2. The maximum atomic E-state index is 13.2. The third kappa shape index (κ3) is 4.25. The molecule has 3 aromatic rings. The van der Waals surface area contributed by atoms with Crippen molar-refractivity contribution in [1.82, 2.24) is 9.78 Å². The highest BCUT2D eigenvalue weighted by Crippen LogP contribution is 2.26. The van der Waals surface area contributed by atoms with Crippen LogP contribution in [0.4, 0.5) is 4.39 Å². The first kappa shape index (κ1) is 17.2. The summed E-state index contributed by atoms with van der Waals surface area (Å²) in [5.74, 6) is -0.0601. The third-order valence-electron chi connectivity index (χ3n) is 3.55. The van der Waals surface area contributed by atoms with Crippen LogP contribution in [0, 0.1) is 5.82 Å². The molecular formula is C19H16ClFN2O2. The van der Waals surface area contributed by atoms with Gasteiger partial charge in [-0.2, -0.15) is 5.10 Å². The number of hydrogen-bond donors (Lipinski definition) is 0. The average Bonchev–Trinajstić information content (AvgIpc) is 3.05.